The van der Waals surface area contributed by atoms with E-state index in [0.29, 0.717) is 5.75 Å². The Morgan fingerprint density at radius 3 is 2.69 bits per heavy atom. The lowest BCUT2D eigenvalue weighted by molar-refractivity contribution is 0.468. The molecule has 0 saturated heterocycles. The lowest BCUT2D eigenvalue weighted by atomic mass is 10.1. The molecule has 0 aromatic heterocycles. The Hall–Kier alpha value is -1.03. The zero-order chi connectivity index (χ0) is 12.1. The van der Waals surface area contributed by atoms with Crippen LogP contribution in [0.4, 0.5) is 5.69 Å². The van der Waals surface area contributed by atoms with Crippen LogP contribution in [0.5, 0.6) is 5.75 Å². The highest BCUT2D eigenvalue weighted by Crippen LogP contribution is 2.32. The Balaban J connectivity index is 3.00. The number of aliphatic imine (C=N–C) groups is 1. The first kappa shape index (κ1) is 13.0. The molecule has 1 rings (SSSR count). The maximum atomic E-state index is 9.65. The van der Waals surface area contributed by atoms with Gasteiger partial charge in [-0.05, 0) is 47.0 Å². The molecule has 0 saturated carbocycles. The minimum atomic E-state index is 0.317. The minimum absolute atomic E-state index is 0.317. The number of phenols is 1. The smallest absolute Gasteiger partial charge is 0.120 e. The number of benzene rings is 1. The van der Waals surface area contributed by atoms with Crippen molar-refractivity contribution in [1.29, 1.82) is 0 Å². The summed E-state index contributed by atoms with van der Waals surface area (Å²) in [5, 5.41) is 9.65. The van der Waals surface area contributed by atoms with E-state index in [0.717, 1.165) is 28.7 Å². The van der Waals surface area contributed by atoms with Crippen LogP contribution in [0.25, 0.3) is 0 Å². The molecule has 0 heterocycles. The van der Waals surface area contributed by atoms with Gasteiger partial charge in [0.15, 0.2) is 0 Å². The fourth-order valence-electron chi connectivity index (χ4n) is 1.22. The fourth-order valence-corrected chi connectivity index (χ4v) is 1.65. The van der Waals surface area contributed by atoms with Crippen molar-refractivity contribution >= 4 is 28.0 Å². The molecule has 16 heavy (non-hydrogen) atoms. The van der Waals surface area contributed by atoms with Gasteiger partial charge in [-0.1, -0.05) is 6.92 Å². The molecule has 0 atom stereocenters. The quantitative estimate of drug-likeness (QED) is 0.680. The van der Waals surface area contributed by atoms with Gasteiger partial charge < -0.3 is 10.0 Å². The second-order valence-corrected chi connectivity index (χ2v) is 4.46. The SMILES string of the molecule is CCc1cc(N=CN(C)CC)c(Br)cc1O. The van der Waals surface area contributed by atoms with E-state index in [1.807, 2.05) is 24.9 Å². The van der Waals surface area contributed by atoms with Crippen LogP contribution in [-0.2, 0) is 6.42 Å². The van der Waals surface area contributed by atoms with Gasteiger partial charge in [-0.3, -0.25) is 0 Å². The molecule has 0 bridgehead atoms. The summed E-state index contributed by atoms with van der Waals surface area (Å²) >= 11 is 3.39. The van der Waals surface area contributed by atoms with E-state index < -0.39 is 0 Å². The molecule has 88 valence electrons. The summed E-state index contributed by atoms with van der Waals surface area (Å²) in [6, 6.07) is 3.59. The number of aryl methyl sites for hydroxylation is 1. The molecular formula is C12H17BrN2O. The molecule has 0 aliphatic carbocycles. The van der Waals surface area contributed by atoms with E-state index >= 15 is 0 Å². The molecule has 0 radical (unpaired) electrons. The Morgan fingerprint density at radius 2 is 2.12 bits per heavy atom. The van der Waals surface area contributed by atoms with Crippen LogP contribution in [0.3, 0.4) is 0 Å². The molecule has 0 fully saturated rings. The van der Waals surface area contributed by atoms with Gasteiger partial charge in [-0.25, -0.2) is 4.99 Å². The Morgan fingerprint density at radius 1 is 1.44 bits per heavy atom. The molecule has 4 heteroatoms. The average Bonchev–Trinajstić information content (AvgIpc) is 2.27. The first-order chi connectivity index (χ1) is 7.58. The Labute approximate surface area is 105 Å². The molecule has 1 aromatic rings. The van der Waals surface area contributed by atoms with Crippen molar-refractivity contribution < 1.29 is 5.11 Å². The van der Waals surface area contributed by atoms with Crippen molar-refractivity contribution in [3.05, 3.63) is 22.2 Å². The summed E-state index contributed by atoms with van der Waals surface area (Å²) in [6.45, 7) is 4.99. The molecular weight excluding hydrogens is 268 g/mol. The van der Waals surface area contributed by atoms with Gasteiger partial charge in [-0.2, -0.15) is 0 Å². The molecule has 3 nitrogen and oxygen atoms in total. The number of hydrogen-bond donors (Lipinski definition) is 1. The maximum absolute atomic E-state index is 9.65. The molecule has 0 unspecified atom stereocenters. The lowest BCUT2D eigenvalue weighted by Crippen LogP contribution is -2.14. The van der Waals surface area contributed by atoms with Gasteiger partial charge in [0.25, 0.3) is 0 Å². The van der Waals surface area contributed by atoms with Crippen LogP contribution < -0.4 is 0 Å². The van der Waals surface area contributed by atoms with E-state index in [4.69, 9.17) is 0 Å². The number of phenolic OH excluding ortho intramolecular Hbond substituents is 1. The van der Waals surface area contributed by atoms with Gasteiger partial charge in [0, 0.05) is 18.1 Å². The van der Waals surface area contributed by atoms with Crippen LogP contribution in [-0.4, -0.2) is 29.9 Å². The highest BCUT2D eigenvalue weighted by atomic mass is 79.9. The first-order valence-corrected chi connectivity index (χ1v) is 6.13. The third kappa shape index (κ3) is 3.23. The minimum Gasteiger partial charge on any atom is -0.508 e. The van der Waals surface area contributed by atoms with Gasteiger partial charge in [0.2, 0.25) is 0 Å². The van der Waals surface area contributed by atoms with E-state index in [2.05, 4.69) is 27.8 Å². The first-order valence-electron chi connectivity index (χ1n) is 5.34. The van der Waals surface area contributed by atoms with Crippen molar-refractivity contribution in [3.63, 3.8) is 0 Å². The fraction of sp³-hybridized carbons (Fsp3) is 0.417. The van der Waals surface area contributed by atoms with E-state index in [1.165, 1.54) is 0 Å². The predicted molar refractivity (Wildman–Crippen MR) is 71.6 cm³/mol. The lowest BCUT2D eigenvalue weighted by Gasteiger charge is -2.09. The van der Waals surface area contributed by atoms with Gasteiger partial charge in [0.05, 0.1) is 12.0 Å². The number of hydrogen-bond acceptors (Lipinski definition) is 2. The number of rotatable bonds is 4. The molecule has 0 aliphatic rings. The third-order valence-electron chi connectivity index (χ3n) is 2.42. The molecule has 0 amide bonds. The molecule has 1 N–H and O–H groups in total. The maximum Gasteiger partial charge on any atom is 0.120 e. The van der Waals surface area contributed by atoms with Crippen molar-refractivity contribution in [2.75, 3.05) is 13.6 Å². The highest BCUT2D eigenvalue weighted by Gasteiger charge is 2.05. The second-order valence-electron chi connectivity index (χ2n) is 3.60. The zero-order valence-corrected chi connectivity index (χ0v) is 11.5. The van der Waals surface area contributed by atoms with Crippen molar-refractivity contribution in [1.82, 2.24) is 4.90 Å². The number of nitrogens with zero attached hydrogens (tertiary/aromatic N) is 2. The summed E-state index contributed by atoms with van der Waals surface area (Å²) in [6.07, 6.45) is 2.59. The standard InChI is InChI=1S/C12H17BrN2O/c1-4-9-6-11(10(13)7-12(9)16)14-8-15(3)5-2/h6-8,16H,4-5H2,1-3H3. The topological polar surface area (TPSA) is 35.8 Å². The predicted octanol–water partition coefficient (Wildman–Crippen LogP) is 3.33. The van der Waals surface area contributed by atoms with Crippen LogP contribution in [0.2, 0.25) is 0 Å². The van der Waals surface area contributed by atoms with Crippen LogP contribution in [0.1, 0.15) is 19.4 Å². The average molecular weight is 285 g/mol. The monoisotopic (exact) mass is 284 g/mol. The van der Waals surface area contributed by atoms with Crippen LogP contribution >= 0.6 is 15.9 Å². The second kappa shape index (κ2) is 5.89. The van der Waals surface area contributed by atoms with Crippen molar-refractivity contribution in [3.8, 4) is 5.75 Å². The van der Waals surface area contributed by atoms with Gasteiger partial charge >= 0.3 is 0 Å². The number of aromatic hydroxyl groups is 1. The van der Waals surface area contributed by atoms with E-state index in [1.54, 1.807) is 12.4 Å². The number of halogens is 1. The highest BCUT2D eigenvalue weighted by molar-refractivity contribution is 9.10. The molecule has 1 aromatic carbocycles. The molecule has 0 aliphatic heterocycles. The summed E-state index contributed by atoms with van der Waals surface area (Å²) in [4.78, 5) is 6.36. The summed E-state index contributed by atoms with van der Waals surface area (Å²) in [5.41, 5.74) is 1.75. The van der Waals surface area contributed by atoms with Crippen LogP contribution in [0.15, 0.2) is 21.6 Å². The Bertz CT molecular complexity index is 391. The van der Waals surface area contributed by atoms with E-state index in [9.17, 15) is 5.11 Å². The van der Waals surface area contributed by atoms with Gasteiger partial charge in [-0.15, -0.1) is 0 Å². The zero-order valence-electron chi connectivity index (χ0n) is 9.87. The largest absolute Gasteiger partial charge is 0.508 e. The van der Waals surface area contributed by atoms with E-state index in [-0.39, 0.29) is 0 Å². The summed E-state index contributed by atoms with van der Waals surface area (Å²) in [5.74, 6) is 0.317. The van der Waals surface area contributed by atoms with Crippen molar-refractivity contribution in [2.45, 2.75) is 20.3 Å². The normalized spacial score (nSPS) is 11.0. The Kier molecular flexibility index (Phi) is 4.80. The third-order valence-corrected chi connectivity index (χ3v) is 3.06. The van der Waals surface area contributed by atoms with Gasteiger partial charge in [0.1, 0.15) is 5.75 Å². The van der Waals surface area contributed by atoms with Crippen molar-refractivity contribution in [2.24, 2.45) is 4.99 Å². The van der Waals surface area contributed by atoms with Crippen LogP contribution in [0, 0.1) is 0 Å². The summed E-state index contributed by atoms with van der Waals surface area (Å²) in [7, 11) is 1.97. The summed E-state index contributed by atoms with van der Waals surface area (Å²) < 4.78 is 0.808. The molecule has 0 spiro atoms.